The van der Waals surface area contributed by atoms with E-state index >= 15 is 0 Å². The molecular formula is C40H51N3O6. The summed E-state index contributed by atoms with van der Waals surface area (Å²) >= 11 is 0. The zero-order valence-electron chi connectivity index (χ0n) is 28.4. The minimum absolute atomic E-state index is 0.0124. The van der Waals surface area contributed by atoms with Gasteiger partial charge >= 0.3 is 0 Å². The van der Waals surface area contributed by atoms with Crippen LogP contribution in [0.1, 0.15) is 98.9 Å². The molecule has 1 saturated heterocycles. The van der Waals surface area contributed by atoms with Crippen LogP contribution in [0.2, 0.25) is 0 Å². The Hall–Kier alpha value is -3.86. The molecule has 0 unspecified atom stereocenters. The summed E-state index contributed by atoms with van der Waals surface area (Å²) in [5, 5.41) is 21.1. The lowest BCUT2D eigenvalue weighted by atomic mass is 9.98. The van der Waals surface area contributed by atoms with Gasteiger partial charge in [0, 0.05) is 50.5 Å². The number of nitrogens with one attached hydrogen (secondary N) is 2. The van der Waals surface area contributed by atoms with Gasteiger partial charge in [-0.2, -0.15) is 0 Å². The maximum absolute atomic E-state index is 12.4. The molecule has 9 nitrogen and oxygen atoms in total. The fourth-order valence-corrected chi connectivity index (χ4v) is 6.89. The Labute approximate surface area is 290 Å². The Bertz CT molecular complexity index is 1490. The number of benzene rings is 3. The minimum atomic E-state index is -0.516. The van der Waals surface area contributed by atoms with Crippen LogP contribution in [-0.2, 0) is 32.2 Å². The topological polar surface area (TPSA) is 120 Å². The van der Waals surface area contributed by atoms with Crippen molar-refractivity contribution in [2.45, 2.75) is 102 Å². The van der Waals surface area contributed by atoms with Crippen molar-refractivity contribution in [3.05, 3.63) is 108 Å². The van der Waals surface area contributed by atoms with E-state index in [4.69, 9.17) is 14.7 Å². The molecule has 2 amide bonds. The molecule has 1 saturated carbocycles. The number of carbonyl (C=O) groups excluding carboxylic acids is 2. The maximum Gasteiger partial charge on any atom is 0.243 e. The van der Waals surface area contributed by atoms with Crippen molar-refractivity contribution in [1.29, 1.82) is 0 Å². The highest BCUT2D eigenvalue weighted by atomic mass is 16.7. The molecule has 5 rings (SSSR count). The molecular weight excluding hydrogens is 618 g/mol. The third kappa shape index (κ3) is 10.8. The van der Waals surface area contributed by atoms with E-state index in [2.05, 4.69) is 65.3 Å². The van der Waals surface area contributed by atoms with Crippen molar-refractivity contribution >= 4 is 11.8 Å². The molecule has 2 fully saturated rings. The summed E-state index contributed by atoms with van der Waals surface area (Å²) in [5.41, 5.74) is 7.68. The highest BCUT2D eigenvalue weighted by molar-refractivity contribution is 5.76. The van der Waals surface area contributed by atoms with E-state index in [9.17, 15) is 14.7 Å². The number of nitrogens with zero attached hydrogens (tertiary/aromatic N) is 1. The summed E-state index contributed by atoms with van der Waals surface area (Å²) < 4.78 is 13.3. The van der Waals surface area contributed by atoms with Crippen LogP contribution in [0.15, 0.2) is 85.5 Å². The SMILES string of the molecule is C=CCN(C[C@H]1C[C@@H](c2ccc(CO)cc2)O[C@@H](c2ccc(-c3cccc(CNC(=O)CCCCCC(=O)NO)c3)cc2)O1)C1CCCC1. The van der Waals surface area contributed by atoms with Crippen LogP contribution < -0.4 is 10.8 Å². The molecule has 4 N–H and O–H groups in total. The van der Waals surface area contributed by atoms with Gasteiger partial charge < -0.3 is 19.9 Å². The lowest BCUT2D eigenvalue weighted by molar-refractivity contribution is -0.253. The van der Waals surface area contributed by atoms with E-state index in [1.165, 1.54) is 25.7 Å². The first-order valence-electron chi connectivity index (χ1n) is 17.7. The van der Waals surface area contributed by atoms with E-state index in [-0.39, 0.29) is 31.1 Å². The molecule has 0 aromatic heterocycles. The molecule has 0 radical (unpaired) electrons. The van der Waals surface area contributed by atoms with E-state index < -0.39 is 12.2 Å². The van der Waals surface area contributed by atoms with Crippen molar-refractivity contribution < 1.29 is 29.4 Å². The number of amides is 2. The Kier molecular flexibility index (Phi) is 14.0. The van der Waals surface area contributed by atoms with E-state index in [0.717, 1.165) is 59.3 Å². The number of aliphatic hydroxyl groups excluding tert-OH is 1. The van der Waals surface area contributed by atoms with Crippen LogP contribution in [0.5, 0.6) is 0 Å². The fourth-order valence-electron chi connectivity index (χ4n) is 6.89. The van der Waals surface area contributed by atoms with Crippen molar-refractivity contribution in [2.75, 3.05) is 13.1 Å². The second-order valence-electron chi connectivity index (χ2n) is 13.2. The van der Waals surface area contributed by atoms with Gasteiger partial charge in [-0.15, -0.1) is 6.58 Å². The highest BCUT2D eigenvalue weighted by Gasteiger charge is 2.34. The van der Waals surface area contributed by atoms with Crippen molar-refractivity contribution in [3.8, 4) is 11.1 Å². The first kappa shape index (κ1) is 36.4. The van der Waals surface area contributed by atoms with Crippen LogP contribution in [-0.4, -0.2) is 52.3 Å². The molecule has 0 spiro atoms. The van der Waals surface area contributed by atoms with Gasteiger partial charge in [0.05, 0.1) is 18.8 Å². The number of hydrogen-bond donors (Lipinski definition) is 4. The number of aliphatic hydroxyl groups is 1. The first-order chi connectivity index (χ1) is 23.9. The molecule has 9 heteroatoms. The van der Waals surface area contributed by atoms with Gasteiger partial charge in [0.2, 0.25) is 11.8 Å². The molecule has 3 aromatic rings. The number of unbranched alkanes of at least 4 members (excludes halogenated alkanes) is 2. The van der Waals surface area contributed by atoms with Crippen LogP contribution in [0.4, 0.5) is 0 Å². The minimum Gasteiger partial charge on any atom is -0.392 e. The second kappa shape index (κ2) is 18.8. The average Bonchev–Trinajstić information content (AvgIpc) is 3.69. The summed E-state index contributed by atoms with van der Waals surface area (Å²) in [6.07, 6.45) is 9.79. The third-order valence-electron chi connectivity index (χ3n) is 9.62. The summed E-state index contributed by atoms with van der Waals surface area (Å²) in [7, 11) is 0. The summed E-state index contributed by atoms with van der Waals surface area (Å²) in [4.78, 5) is 26.0. The lowest BCUT2D eigenvalue weighted by Gasteiger charge is -2.39. The number of rotatable bonds is 17. The van der Waals surface area contributed by atoms with Crippen LogP contribution >= 0.6 is 0 Å². The zero-order chi connectivity index (χ0) is 34.4. The molecule has 2 aliphatic rings. The summed E-state index contributed by atoms with van der Waals surface area (Å²) in [6.45, 7) is 6.14. The summed E-state index contributed by atoms with van der Waals surface area (Å²) in [5.74, 6) is -0.426. The predicted octanol–water partition coefficient (Wildman–Crippen LogP) is 6.89. The Morgan fingerprint density at radius 2 is 1.57 bits per heavy atom. The first-order valence-corrected chi connectivity index (χ1v) is 17.7. The van der Waals surface area contributed by atoms with Crippen LogP contribution in [0, 0.1) is 0 Å². The largest absolute Gasteiger partial charge is 0.392 e. The average molecular weight is 670 g/mol. The highest BCUT2D eigenvalue weighted by Crippen LogP contribution is 2.39. The molecule has 3 aromatic carbocycles. The van der Waals surface area contributed by atoms with E-state index in [1.54, 1.807) is 5.48 Å². The van der Waals surface area contributed by atoms with Gasteiger partial charge in [0.1, 0.15) is 0 Å². The molecule has 1 aliphatic carbocycles. The second-order valence-corrected chi connectivity index (χ2v) is 13.2. The molecule has 1 heterocycles. The molecule has 1 aliphatic heterocycles. The van der Waals surface area contributed by atoms with Gasteiger partial charge in [0.15, 0.2) is 6.29 Å². The van der Waals surface area contributed by atoms with E-state index in [0.29, 0.717) is 31.8 Å². The number of ether oxygens (including phenoxy) is 2. The fraction of sp³-hybridized carbons (Fsp3) is 0.450. The predicted molar refractivity (Wildman–Crippen MR) is 189 cm³/mol. The number of hydroxylamine groups is 1. The van der Waals surface area contributed by atoms with Gasteiger partial charge in [-0.3, -0.25) is 19.7 Å². The molecule has 262 valence electrons. The van der Waals surface area contributed by atoms with Gasteiger partial charge in [0.25, 0.3) is 0 Å². The van der Waals surface area contributed by atoms with Crippen molar-refractivity contribution in [3.63, 3.8) is 0 Å². The van der Waals surface area contributed by atoms with Gasteiger partial charge in [-0.05, 0) is 59.6 Å². The van der Waals surface area contributed by atoms with Gasteiger partial charge in [-0.25, -0.2) is 5.48 Å². The van der Waals surface area contributed by atoms with Gasteiger partial charge in [-0.1, -0.05) is 92.1 Å². The maximum atomic E-state index is 12.4. The lowest BCUT2D eigenvalue weighted by Crippen LogP contribution is -2.43. The monoisotopic (exact) mass is 669 g/mol. The standard InChI is InChI=1S/C40H51N3O6/c1-2-23-43(35-11-6-7-12-35)27-36-25-37(32-17-15-29(28-44)16-18-32)49-40(48-36)33-21-19-31(20-22-33)34-10-8-9-30(24-34)26-41-38(45)13-4-3-5-14-39(46)42-47/h2,8-10,15-22,24,35-37,40,44,47H,1,3-7,11-14,23,25-28H2,(H,41,45)(H,42,46)/t36-,37+,40+/m1/s1. The quantitative estimate of drug-likeness (QED) is 0.0535. The Morgan fingerprint density at radius 3 is 2.27 bits per heavy atom. The molecule has 49 heavy (non-hydrogen) atoms. The third-order valence-corrected chi connectivity index (χ3v) is 9.62. The van der Waals surface area contributed by atoms with Crippen molar-refractivity contribution in [1.82, 2.24) is 15.7 Å². The molecule has 3 atom stereocenters. The van der Waals surface area contributed by atoms with Crippen molar-refractivity contribution in [2.24, 2.45) is 0 Å². The van der Waals surface area contributed by atoms with Crippen LogP contribution in [0.3, 0.4) is 0 Å². The normalized spacial score (nSPS) is 19.5. The Morgan fingerprint density at radius 1 is 0.857 bits per heavy atom. The Balaban J connectivity index is 1.22. The summed E-state index contributed by atoms with van der Waals surface area (Å²) in [6, 6.07) is 25.1. The molecule has 0 bridgehead atoms. The van der Waals surface area contributed by atoms with E-state index in [1.807, 2.05) is 30.3 Å². The van der Waals surface area contributed by atoms with Crippen LogP contribution in [0.25, 0.3) is 11.1 Å². The zero-order valence-corrected chi connectivity index (χ0v) is 28.4. The number of carbonyl (C=O) groups is 2. The smallest absolute Gasteiger partial charge is 0.243 e. The number of hydrogen-bond acceptors (Lipinski definition) is 7.